The normalized spacial score (nSPS) is 20.2. The van der Waals surface area contributed by atoms with Crippen LogP contribution in [0.5, 0.6) is 0 Å². The second kappa shape index (κ2) is 6.34. The van der Waals surface area contributed by atoms with Gasteiger partial charge in [0.15, 0.2) is 0 Å². The number of ether oxygens (including phenoxy) is 2. The maximum Gasteiger partial charge on any atom is 0.413 e. The van der Waals surface area contributed by atoms with Crippen LogP contribution in [0.4, 0.5) is 10.6 Å². The fourth-order valence-corrected chi connectivity index (χ4v) is 2.17. The number of aromatic nitrogens is 1. The number of nitrogens with one attached hydrogen (secondary N) is 1. The summed E-state index contributed by atoms with van der Waals surface area (Å²) in [5.41, 5.74) is 0.222. The second-order valence-corrected chi connectivity index (χ2v) is 6.28. The summed E-state index contributed by atoms with van der Waals surface area (Å²) in [6.45, 7) is 7.56. The average Bonchev–Trinajstić information content (AvgIpc) is 3.17. The Hall–Kier alpha value is -2.11. The molecule has 0 bridgehead atoms. The standard InChI is InChI=1S/C16H22N2O4/c1-5-21-14(19)11-9-10(11)12-7-6-8-13(17-12)18-15(20)22-16(2,3)4/h6-8,10-11H,5,9H2,1-4H3,(H,17,18,20). The molecule has 0 saturated heterocycles. The predicted molar refractivity (Wildman–Crippen MR) is 81.6 cm³/mol. The maximum absolute atomic E-state index is 11.7. The van der Waals surface area contributed by atoms with Gasteiger partial charge in [-0.1, -0.05) is 6.07 Å². The lowest BCUT2D eigenvalue weighted by molar-refractivity contribution is -0.144. The molecule has 1 aromatic heterocycles. The van der Waals surface area contributed by atoms with Crippen LogP contribution in [0.25, 0.3) is 0 Å². The first-order valence-electron chi connectivity index (χ1n) is 7.43. The minimum absolute atomic E-state index is 0.0689. The molecule has 0 radical (unpaired) electrons. The summed E-state index contributed by atoms with van der Waals surface area (Å²) in [6.07, 6.45) is 0.191. The largest absolute Gasteiger partial charge is 0.466 e. The molecular weight excluding hydrogens is 284 g/mol. The number of carbonyl (C=O) groups excluding carboxylic acids is 2. The first kappa shape index (κ1) is 16.3. The van der Waals surface area contributed by atoms with Gasteiger partial charge in [0, 0.05) is 11.6 Å². The number of nitrogens with zero attached hydrogens (tertiary/aromatic N) is 1. The van der Waals surface area contributed by atoms with E-state index >= 15 is 0 Å². The number of anilines is 1. The van der Waals surface area contributed by atoms with Gasteiger partial charge >= 0.3 is 12.1 Å². The summed E-state index contributed by atoms with van der Waals surface area (Å²) < 4.78 is 10.2. The fourth-order valence-electron chi connectivity index (χ4n) is 2.17. The predicted octanol–water partition coefficient (Wildman–Crippen LogP) is 3.10. The number of rotatable bonds is 4. The topological polar surface area (TPSA) is 77.5 Å². The van der Waals surface area contributed by atoms with Crippen molar-refractivity contribution in [3.63, 3.8) is 0 Å². The van der Waals surface area contributed by atoms with E-state index in [-0.39, 0.29) is 17.8 Å². The first-order chi connectivity index (χ1) is 10.3. The van der Waals surface area contributed by atoms with Gasteiger partial charge in [-0.15, -0.1) is 0 Å². The smallest absolute Gasteiger partial charge is 0.413 e. The van der Waals surface area contributed by atoms with E-state index in [1.807, 2.05) is 6.07 Å². The van der Waals surface area contributed by atoms with Gasteiger partial charge in [-0.05, 0) is 46.2 Å². The van der Waals surface area contributed by atoms with Crippen molar-refractivity contribution in [2.75, 3.05) is 11.9 Å². The Morgan fingerprint density at radius 1 is 1.36 bits per heavy atom. The van der Waals surface area contributed by atoms with Crippen molar-refractivity contribution in [2.24, 2.45) is 5.92 Å². The lowest BCUT2D eigenvalue weighted by Gasteiger charge is -2.19. The lowest BCUT2D eigenvalue weighted by atomic mass is 10.2. The van der Waals surface area contributed by atoms with Crippen LogP contribution in [0, 0.1) is 5.92 Å². The summed E-state index contributed by atoms with van der Waals surface area (Å²) in [4.78, 5) is 27.8. The van der Waals surface area contributed by atoms with Crippen molar-refractivity contribution < 1.29 is 19.1 Å². The van der Waals surface area contributed by atoms with E-state index in [0.717, 1.165) is 12.1 Å². The van der Waals surface area contributed by atoms with Crippen molar-refractivity contribution >= 4 is 17.9 Å². The fraction of sp³-hybridized carbons (Fsp3) is 0.562. The Balaban J connectivity index is 1.97. The maximum atomic E-state index is 11.7. The van der Waals surface area contributed by atoms with Crippen LogP contribution in [0.3, 0.4) is 0 Å². The van der Waals surface area contributed by atoms with E-state index in [0.29, 0.717) is 12.4 Å². The highest BCUT2D eigenvalue weighted by Gasteiger charge is 2.46. The summed E-state index contributed by atoms with van der Waals surface area (Å²) in [5.74, 6) is 0.185. The molecule has 1 heterocycles. The molecule has 1 aliphatic carbocycles. The molecule has 6 nitrogen and oxygen atoms in total. The van der Waals surface area contributed by atoms with Gasteiger partial charge < -0.3 is 9.47 Å². The van der Waals surface area contributed by atoms with Crippen LogP contribution in [0.1, 0.15) is 45.7 Å². The van der Waals surface area contributed by atoms with Gasteiger partial charge in [0.2, 0.25) is 0 Å². The molecule has 22 heavy (non-hydrogen) atoms. The summed E-state index contributed by atoms with van der Waals surface area (Å²) in [6, 6.07) is 5.34. The molecule has 2 rings (SSSR count). The van der Waals surface area contributed by atoms with E-state index in [4.69, 9.17) is 9.47 Å². The Bertz CT molecular complexity index is 566. The van der Waals surface area contributed by atoms with Gasteiger partial charge in [0.1, 0.15) is 11.4 Å². The molecule has 1 aromatic rings. The van der Waals surface area contributed by atoms with Crippen molar-refractivity contribution in [3.05, 3.63) is 23.9 Å². The number of hydrogen-bond donors (Lipinski definition) is 1. The third-order valence-corrected chi connectivity index (χ3v) is 3.16. The van der Waals surface area contributed by atoms with E-state index < -0.39 is 11.7 Å². The molecule has 6 heteroatoms. The molecule has 1 N–H and O–H groups in total. The zero-order valence-electron chi connectivity index (χ0n) is 13.4. The van der Waals surface area contributed by atoms with Crippen LogP contribution in [-0.2, 0) is 14.3 Å². The number of pyridine rings is 1. The van der Waals surface area contributed by atoms with E-state index in [2.05, 4.69) is 10.3 Å². The number of esters is 1. The minimum atomic E-state index is -0.562. The highest BCUT2D eigenvalue weighted by atomic mass is 16.6. The molecule has 1 saturated carbocycles. The van der Waals surface area contributed by atoms with Crippen molar-refractivity contribution in [2.45, 2.75) is 45.6 Å². The second-order valence-electron chi connectivity index (χ2n) is 6.28. The number of amides is 1. The van der Waals surface area contributed by atoms with Gasteiger partial charge in [0.25, 0.3) is 0 Å². The molecule has 1 fully saturated rings. The Labute approximate surface area is 130 Å². The molecule has 120 valence electrons. The van der Waals surface area contributed by atoms with E-state index in [1.165, 1.54) is 0 Å². The summed E-state index contributed by atoms with van der Waals surface area (Å²) in [7, 11) is 0. The van der Waals surface area contributed by atoms with Crippen LogP contribution in [0.15, 0.2) is 18.2 Å². The zero-order chi connectivity index (χ0) is 16.3. The number of carbonyl (C=O) groups is 2. The molecule has 2 atom stereocenters. The van der Waals surface area contributed by atoms with Crippen LogP contribution in [-0.4, -0.2) is 29.3 Å². The lowest BCUT2D eigenvalue weighted by Crippen LogP contribution is -2.27. The van der Waals surface area contributed by atoms with Crippen molar-refractivity contribution in [3.8, 4) is 0 Å². The molecule has 2 unspecified atom stereocenters. The number of hydrogen-bond acceptors (Lipinski definition) is 5. The van der Waals surface area contributed by atoms with Crippen molar-refractivity contribution in [1.82, 2.24) is 4.98 Å². The monoisotopic (exact) mass is 306 g/mol. The van der Waals surface area contributed by atoms with Crippen molar-refractivity contribution in [1.29, 1.82) is 0 Å². The Kier molecular flexibility index (Phi) is 4.68. The zero-order valence-corrected chi connectivity index (χ0v) is 13.4. The highest BCUT2D eigenvalue weighted by molar-refractivity contribution is 5.83. The molecular formula is C16H22N2O4. The SMILES string of the molecule is CCOC(=O)C1CC1c1cccc(NC(=O)OC(C)(C)C)n1. The molecule has 0 aliphatic heterocycles. The quantitative estimate of drug-likeness (QED) is 0.865. The van der Waals surface area contributed by atoms with Gasteiger partial charge in [-0.2, -0.15) is 0 Å². The summed E-state index contributed by atoms with van der Waals surface area (Å²) >= 11 is 0. The van der Waals surface area contributed by atoms with E-state index in [9.17, 15) is 9.59 Å². The third-order valence-electron chi connectivity index (χ3n) is 3.16. The van der Waals surface area contributed by atoms with Gasteiger partial charge in [-0.25, -0.2) is 9.78 Å². The van der Waals surface area contributed by atoms with Gasteiger partial charge in [-0.3, -0.25) is 10.1 Å². The van der Waals surface area contributed by atoms with Crippen LogP contribution >= 0.6 is 0 Å². The summed E-state index contributed by atoms with van der Waals surface area (Å²) in [5, 5.41) is 2.60. The Morgan fingerprint density at radius 2 is 2.09 bits per heavy atom. The third kappa shape index (κ3) is 4.44. The Morgan fingerprint density at radius 3 is 2.73 bits per heavy atom. The minimum Gasteiger partial charge on any atom is -0.466 e. The van der Waals surface area contributed by atoms with Gasteiger partial charge in [0.05, 0.1) is 12.5 Å². The first-order valence-corrected chi connectivity index (χ1v) is 7.43. The molecule has 0 aromatic carbocycles. The van der Waals surface area contributed by atoms with Crippen LogP contribution < -0.4 is 5.32 Å². The average molecular weight is 306 g/mol. The molecule has 0 spiro atoms. The van der Waals surface area contributed by atoms with E-state index in [1.54, 1.807) is 39.8 Å². The molecule has 1 amide bonds. The molecule has 1 aliphatic rings. The highest BCUT2D eigenvalue weighted by Crippen LogP contribution is 2.47. The van der Waals surface area contributed by atoms with Crippen LogP contribution in [0.2, 0.25) is 0 Å².